The molecule has 0 aromatic rings. The van der Waals surface area contributed by atoms with Gasteiger partial charge in [0.15, 0.2) is 0 Å². The highest BCUT2D eigenvalue weighted by molar-refractivity contribution is 7.90. The molecule has 0 spiro atoms. The molecule has 0 saturated heterocycles. The first kappa shape index (κ1) is 17.9. The van der Waals surface area contributed by atoms with Crippen molar-refractivity contribution in [3.63, 3.8) is 0 Å². The third-order valence-corrected chi connectivity index (χ3v) is 4.46. The number of sulfone groups is 1. The molecule has 0 bridgehead atoms. The predicted octanol–water partition coefficient (Wildman–Crippen LogP) is 3.01. The number of hydrogen-bond donors (Lipinski definition) is 1. The van der Waals surface area contributed by atoms with E-state index in [0.29, 0.717) is 17.7 Å². The van der Waals surface area contributed by atoms with Crippen molar-refractivity contribution in [1.29, 1.82) is 0 Å². The van der Waals surface area contributed by atoms with Gasteiger partial charge in [0.25, 0.3) is 0 Å². The van der Waals surface area contributed by atoms with E-state index < -0.39 is 9.84 Å². The summed E-state index contributed by atoms with van der Waals surface area (Å²) in [6.07, 6.45) is 7.96. The second-order valence-electron chi connectivity index (χ2n) is 5.29. The smallest absolute Gasteiger partial charge is 0.147 e. The average molecular weight is 277 g/mol. The van der Waals surface area contributed by atoms with Crippen LogP contribution in [0.1, 0.15) is 59.3 Å². The van der Waals surface area contributed by atoms with Crippen LogP contribution in [0.4, 0.5) is 0 Å². The van der Waals surface area contributed by atoms with Crippen molar-refractivity contribution in [2.24, 2.45) is 5.92 Å². The normalized spacial score (nSPS) is 15.6. The average Bonchev–Trinajstić information content (AvgIpc) is 2.31. The van der Waals surface area contributed by atoms with E-state index in [2.05, 4.69) is 26.1 Å². The molecular formula is C14H31NO2S. The molecule has 0 rings (SSSR count). The third-order valence-electron chi connectivity index (χ3n) is 3.48. The Kier molecular flexibility index (Phi) is 9.74. The van der Waals surface area contributed by atoms with Crippen LogP contribution in [-0.2, 0) is 9.84 Å². The Morgan fingerprint density at radius 1 is 1.06 bits per heavy atom. The highest BCUT2D eigenvalue weighted by Crippen LogP contribution is 2.20. The summed E-state index contributed by atoms with van der Waals surface area (Å²) in [5, 5.41) is 3.54. The Morgan fingerprint density at radius 2 is 1.72 bits per heavy atom. The minimum atomic E-state index is -2.85. The zero-order valence-electron chi connectivity index (χ0n) is 12.5. The summed E-state index contributed by atoms with van der Waals surface area (Å²) >= 11 is 0. The number of unbranched alkanes of at least 4 members (excludes halogenated alkanes) is 1. The summed E-state index contributed by atoms with van der Waals surface area (Å²) in [5.41, 5.74) is 0. The Morgan fingerprint density at radius 3 is 2.17 bits per heavy atom. The van der Waals surface area contributed by atoms with Gasteiger partial charge in [-0.15, -0.1) is 0 Å². The molecule has 0 fully saturated rings. The van der Waals surface area contributed by atoms with E-state index in [4.69, 9.17) is 0 Å². The van der Waals surface area contributed by atoms with Crippen LogP contribution < -0.4 is 5.32 Å². The second-order valence-corrected chi connectivity index (χ2v) is 7.55. The van der Waals surface area contributed by atoms with Gasteiger partial charge in [0.05, 0.1) is 5.75 Å². The monoisotopic (exact) mass is 277 g/mol. The van der Waals surface area contributed by atoms with Crippen molar-refractivity contribution in [2.75, 3.05) is 18.6 Å². The first-order valence-electron chi connectivity index (χ1n) is 7.35. The lowest BCUT2D eigenvalue weighted by Crippen LogP contribution is -2.38. The zero-order valence-corrected chi connectivity index (χ0v) is 13.4. The standard InChI is InChI=1S/C14H31NO2S/c1-5-8-9-13(7-3)14(15-11-6-2)10-12-18(4,16)17/h13-15H,5-12H2,1-4H3. The van der Waals surface area contributed by atoms with E-state index in [1.807, 2.05) is 0 Å². The summed E-state index contributed by atoms with van der Waals surface area (Å²) in [6, 6.07) is 0.358. The van der Waals surface area contributed by atoms with Crippen molar-refractivity contribution < 1.29 is 8.42 Å². The van der Waals surface area contributed by atoms with E-state index in [0.717, 1.165) is 25.8 Å². The molecule has 0 saturated carbocycles. The second kappa shape index (κ2) is 9.79. The van der Waals surface area contributed by atoms with Crippen molar-refractivity contribution in [2.45, 2.75) is 65.3 Å². The Balaban J connectivity index is 4.41. The van der Waals surface area contributed by atoms with Crippen LogP contribution in [0.15, 0.2) is 0 Å². The molecule has 0 aliphatic carbocycles. The molecule has 2 atom stereocenters. The molecule has 2 unspecified atom stereocenters. The fraction of sp³-hybridized carbons (Fsp3) is 1.00. The van der Waals surface area contributed by atoms with Gasteiger partial charge in [-0.1, -0.05) is 40.0 Å². The van der Waals surface area contributed by atoms with E-state index in [-0.39, 0.29) is 0 Å². The quantitative estimate of drug-likeness (QED) is 0.631. The number of hydrogen-bond acceptors (Lipinski definition) is 3. The fourth-order valence-corrected chi connectivity index (χ4v) is 3.01. The van der Waals surface area contributed by atoms with Gasteiger partial charge < -0.3 is 5.32 Å². The van der Waals surface area contributed by atoms with Gasteiger partial charge in [-0.05, 0) is 31.7 Å². The predicted molar refractivity (Wildman–Crippen MR) is 79.7 cm³/mol. The summed E-state index contributed by atoms with van der Waals surface area (Å²) in [4.78, 5) is 0. The lowest BCUT2D eigenvalue weighted by Gasteiger charge is -2.27. The molecule has 0 aliphatic rings. The van der Waals surface area contributed by atoms with Gasteiger partial charge >= 0.3 is 0 Å². The maximum absolute atomic E-state index is 11.3. The van der Waals surface area contributed by atoms with Crippen molar-refractivity contribution >= 4 is 9.84 Å². The molecule has 4 heteroatoms. The Hall–Kier alpha value is -0.0900. The number of rotatable bonds is 11. The van der Waals surface area contributed by atoms with Crippen LogP contribution in [0.2, 0.25) is 0 Å². The van der Waals surface area contributed by atoms with E-state index in [1.165, 1.54) is 25.5 Å². The third kappa shape index (κ3) is 8.92. The van der Waals surface area contributed by atoms with Crippen LogP contribution in [-0.4, -0.2) is 33.0 Å². The Bertz CT molecular complexity index is 288. The number of nitrogens with one attached hydrogen (secondary N) is 1. The highest BCUT2D eigenvalue weighted by Gasteiger charge is 2.20. The summed E-state index contributed by atoms with van der Waals surface area (Å²) in [6.45, 7) is 7.55. The largest absolute Gasteiger partial charge is 0.314 e. The van der Waals surface area contributed by atoms with Gasteiger partial charge in [0.1, 0.15) is 9.84 Å². The van der Waals surface area contributed by atoms with Crippen LogP contribution >= 0.6 is 0 Å². The van der Waals surface area contributed by atoms with E-state index in [9.17, 15) is 8.42 Å². The summed E-state index contributed by atoms with van der Waals surface area (Å²) < 4.78 is 22.6. The molecule has 18 heavy (non-hydrogen) atoms. The molecular weight excluding hydrogens is 246 g/mol. The maximum atomic E-state index is 11.3. The molecule has 1 N–H and O–H groups in total. The molecule has 3 nitrogen and oxygen atoms in total. The Labute approximate surface area is 114 Å². The van der Waals surface area contributed by atoms with Crippen molar-refractivity contribution in [3.8, 4) is 0 Å². The van der Waals surface area contributed by atoms with Crippen LogP contribution in [0.5, 0.6) is 0 Å². The molecule has 0 amide bonds. The maximum Gasteiger partial charge on any atom is 0.147 e. The minimum Gasteiger partial charge on any atom is -0.314 e. The van der Waals surface area contributed by atoms with Crippen LogP contribution in [0.3, 0.4) is 0 Å². The van der Waals surface area contributed by atoms with Gasteiger partial charge in [0, 0.05) is 12.3 Å². The molecule has 0 aromatic heterocycles. The van der Waals surface area contributed by atoms with E-state index >= 15 is 0 Å². The first-order chi connectivity index (χ1) is 8.44. The van der Waals surface area contributed by atoms with Gasteiger partial charge in [-0.2, -0.15) is 0 Å². The van der Waals surface area contributed by atoms with Gasteiger partial charge in [-0.3, -0.25) is 0 Å². The molecule has 0 heterocycles. The SMILES string of the molecule is CCCCC(CC)C(CCS(C)(=O)=O)NCCC. The van der Waals surface area contributed by atoms with E-state index in [1.54, 1.807) is 0 Å². The van der Waals surface area contributed by atoms with Gasteiger partial charge in [0.2, 0.25) is 0 Å². The molecule has 0 aliphatic heterocycles. The zero-order chi connectivity index (χ0) is 14.0. The van der Waals surface area contributed by atoms with Crippen molar-refractivity contribution in [3.05, 3.63) is 0 Å². The molecule has 0 aromatic carbocycles. The highest BCUT2D eigenvalue weighted by atomic mass is 32.2. The summed E-state index contributed by atoms with van der Waals surface area (Å²) in [5.74, 6) is 0.912. The lowest BCUT2D eigenvalue weighted by atomic mass is 9.89. The van der Waals surface area contributed by atoms with Gasteiger partial charge in [-0.25, -0.2) is 8.42 Å². The topological polar surface area (TPSA) is 46.2 Å². The first-order valence-corrected chi connectivity index (χ1v) is 9.41. The summed E-state index contributed by atoms with van der Waals surface area (Å²) in [7, 11) is -2.85. The fourth-order valence-electron chi connectivity index (χ4n) is 2.33. The van der Waals surface area contributed by atoms with Crippen molar-refractivity contribution in [1.82, 2.24) is 5.32 Å². The molecule has 110 valence electrons. The minimum absolute atomic E-state index is 0.303. The van der Waals surface area contributed by atoms with Crippen LogP contribution in [0, 0.1) is 5.92 Å². The lowest BCUT2D eigenvalue weighted by molar-refractivity contribution is 0.311. The molecule has 0 radical (unpaired) electrons. The van der Waals surface area contributed by atoms with Crippen LogP contribution in [0.25, 0.3) is 0 Å².